The molecule has 0 N–H and O–H groups in total. The fourth-order valence-corrected chi connectivity index (χ4v) is 4.11. The van der Waals surface area contributed by atoms with Crippen molar-refractivity contribution in [3.8, 4) is 5.82 Å². The van der Waals surface area contributed by atoms with E-state index >= 15 is 0 Å². The molecule has 0 atom stereocenters. The van der Waals surface area contributed by atoms with Crippen LogP contribution in [0.5, 0.6) is 0 Å². The van der Waals surface area contributed by atoms with Crippen LogP contribution in [0, 0.1) is 20.8 Å². The molecule has 0 bridgehead atoms. The van der Waals surface area contributed by atoms with Crippen molar-refractivity contribution in [2.75, 3.05) is 38.1 Å². The van der Waals surface area contributed by atoms with Crippen LogP contribution in [0.25, 0.3) is 5.82 Å². The first-order chi connectivity index (χ1) is 14.0. The number of nitrogens with zero attached hydrogens (tertiary/aromatic N) is 5. The van der Waals surface area contributed by atoms with Gasteiger partial charge in [-0.15, -0.1) is 0 Å². The van der Waals surface area contributed by atoms with Crippen LogP contribution in [-0.4, -0.2) is 52.7 Å². The highest BCUT2D eigenvalue weighted by Gasteiger charge is 2.15. The SMILES string of the molecule is Cc1cc(CCc2cncc(N3CCN(C)CC3)c2)nc(-n2c(C)ccc2C)c1. The predicted molar refractivity (Wildman–Crippen MR) is 119 cm³/mol. The number of hydrogen-bond acceptors (Lipinski definition) is 4. The number of anilines is 1. The Morgan fingerprint density at radius 1 is 0.862 bits per heavy atom. The van der Waals surface area contributed by atoms with Gasteiger partial charge in [0.15, 0.2) is 0 Å². The average Bonchev–Trinajstić information content (AvgIpc) is 3.05. The summed E-state index contributed by atoms with van der Waals surface area (Å²) in [7, 11) is 2.19. The van der Waals surface area contributed by atoms with E-state index in [1.807, 2.05) is 12.4 Å². The molecular formula is C24H31N5. The van der Waals surface area contributed by atoms with Crippen molar-refractivity contribution >= 4 is 5.69 Å². The summed E-state index contributed by atoms with van der Waals surface area (Å²) in [6.07, 6.45) is 5.86. The third kappa shape index (κ3) is 4.51. The summed E-state index contributed by atoms with van der Waals surface area (Å²) in [5, 5.41) is 0. The van der Waals surface area contributed by atoms with E-state index in [2.05, 4.69) is 77.5 Å². The van der Waals surface area contributed by atoms with Crippen LogP contribution in [0.4, 0.5) is 5.69 Å². The molecule has 3 aromatic rings. The highest BCUT2D eigenvalue weighted by molar-refractivity contribution is 5.47. The minimum atomic E-state index is 0.919. The molecule has 0 aromatic carbocycles. The molecule has 4 rings (SSSR count). The van der Waals surface area contributed by atoms with E-state index in [0.717, 1.165) is 50.5 Å². The fourth-order valence-electron chi connectivity index (χ4n) is 4.11. The molecule has 152 valence electrons. The van der Waals surface area contributed by atoms with Crippen molar-refractivity contribution in [1.82, 2.24) is 19.4 Å². The first-order valence-electron chi connectivity index (χ1n) is 10.5. The van der Waals surface area contributed by atoms with Crippen LogP contribution in [0.3, 0.4) is 0 Å². The lowest BCUT2D eigenvalue weighted by molar-refractivity contribution is 0.313. The Labute approximate surface area is 174 Å². The molecular weight excluding hydrogens is 358 g/mol. The largest absolute Gasteiger partial charge is 0.368 e. The number of aryl methyl sites for hydroxylation is 5. The third-order valence-electron chi connectivity index (χ3n) is 5.83. The molecule has 0 amide bonds. The Bertz CT molecular complexity index is 963. The smallest absolute Gasteiger partial charge is 0.137 e. The maximum atomic E-state index is 4.96. The zero-order valence-corrected chi connectivity index (χ0v) is 18.0. The molecule has 0 unspecified atom stereocenters. The highest BCUT2D eigenvalue weighted by Crippen LogP contribution is 2.20. The van der Waals surface area contributed by atoms with Gasteiger partial charge in [0.2, 0.25) is 0 Å². The molecule has 5 heteroatoms. The van der Waals surface area contributed by atoms with E-state index in [4.69, 9.17) is 4.98 Å². The molecule has 5 nitrogen and oxygen atoms in total. The normalized spacial score (nSPS) is 15.1. The molecule has 4 heterocycles. The van der Waals surface area contributed by atoms with Crippen molar-refractivity contribution in [3.63, 3.8) is 0 Å². The average molecular weight is 390 g/mol. The summed E-state index contributed by atoms with van der Waals surface area (Å²) in [5.41, 5.74) is 7.34. The number of rotatable bonds is 5. The maximum Gasteiger partial charge on any atom is 0.137 e. The fraction of sp³-hybridized carbons (Fsp3) is 0.417. The lowest BCUT2D eigenvalue weighted by atomic mass is 10.1. The molecule has 0 radical (unpaired) electrons. The van der Waals surface area contributed by atoms with Gasteiger partial charge < -0.3 is 14.4 Å². The van der Waals surface area contributed by atoms with Gasteiger partial charge >= 0.3 is 0 Å². The summed E-state index contributed by atoms with van der Waals surface area (Å²) in [6.45, 7) is 10.8. The molecule has 3 aromatic heterocycles. The Kier molecular flexibility index (Phi) is 5.67. The summed E-state index contributed by atoms with van der Waals surface area (Å²) in [4.78, 5) is 14.3. The van der Waals surface area contributed by atoms with Crippen LogP contribution in [-0.2, 0) is 12.8 Å². The van der Waals surface area contributed by atoms with Gasteiger partial charge in [0.1, 0.15) is 5.82 Å². The molecule has 1 fully saturated rings. The molecule has 1 saturated heterocycles. The Balaban J connectivity index is 1.49. The molecule has 1 aliphatic heterocycles. The number of piperazine rings is 1. The minimum absolute atomic E-state index is 0.919. The second-order valence-electron chi connectivity index (χ2n) is 8.29. The van der Waals surface area contributed by atoms with E-state index in [0.29, 0.717) is 0 Å². The van der Waals surface area contributed by atoms with Gasteiger partial charge in [0.25, 0.3) is 0 Å². The van der Waals surface area contributed by atoms with E-state index < -0.39 is 0 Å². The Morgan fingerprint density at radius 2 is 1.59 bits per heavy atom. The molecule has 0 saturated carbocycles. The Hall–Kier alpha value is -2.66. The standard InChI is InChI=1S/C24H31N5/c1-18-13-22(26-24(14-18)29-19(2)5-6-20(29)3)8-7-21-15-23(17-25-16-21)28-11-9-27(4)10-12-28/h5-6,13-17H,7-12H2,1-4H3. The second-order valence-corrected chi connectivity index (χ2v) is 8.29. The van der Waals surface area contributed by atoms with Crippen LogP contribution in [0.15, 0.2) is 42.7 Å². The van der Waals surface area contributed by atoms with Crippen molar-refractivity contribution in [1.29, 1.82) is 0 Å². The van der Waals surface area contributed by atoms with Crippen LogP contribution in [0.1, 0.15) is 28.2 Å². The zero-order valence-electron chi connectivity index (χ0n) is 18.0. The monoisotopic (exact) mass is 389 g/mol. The van der Waals surface area contributed by atoms with Crippen LogP contribution >= 0.6 is 0 Å². The van der Waals surface area contributed by atoms with Crippen LogP contribution < -0.4 is 4.90 Å². The lowest BCUT2D eigenvalue weighted by Crippen LogP contribution is -2.44. The maximum absolute atomic E-state index is 4.96. The molecule has 0 aliphatic carbocycles. The van der Waals surface area contributed by atoms with Gasteiger partial charge in [0, 0.05) is 49.5 Å². The van der Waals surface area contributed by atoms with Crippen molar-refractivity contribution in [3.05, 3.63) is 70.9 Å². The molecule has 1 aliphatic rings. The van der Waals surface area contributed by atoms with Crippen LogP contribution in [0.2, 0.25) is 0 Å². The summed E-state index contributed by atoms with van der Waals surface area (Å²) >= 11 is 0. The van der Waals surface area contributed by atoms with Gasteiger partial charge in [-0.25, -0.2) is 4.98 Å². The van der Waals surface area contributed by atoms with Crippen molar-refractivity contribution in [2.24, 2.45) is 0 Å². The van der Waals surface area contributed by atoms with Gasteiger partial charge in [-0.05, 0) is 82.1 Å². The number of hydrogen-bond donors (Lipinski definition) is 0. The van der Waals surface area contributed by atoms with Gasteiger partial charge in [-0.2, -0.15) is 0 Å². The topological polar surface area (TPSA) is 37.2 Å². The number of pyridine rings is 2. The summed E-state index contributed by atoms with van der Waals surface area (Å²) in [5.74, 6) is 1.02. The first kappa shape index (κ1) is 19.6. The highest BCUT2D eigenvalue weighted by atomic mass is 15.2. The molecule has 29 heavy (non-hydrogen) atoms. The first-order valence-corrected chi connectivity index (χ1v) is 10.5. The predicted octanol–water partition coefficient (Wildman–Crippen LogP) is 3.73. The number of likely N-dealkylation sites (N-methyl/N-ethyl adjacent to an activating group) is 1. The minimum Gasteiger partial charge on any atom is -0.368 e. The second kappa shape index (κ2) is 8.37. The Morgan fingerprint density at radius 3 is 2.31 bits per heavy atom. The van der Waals surface area contributed by atoms with E-state index in [1.54, 1.807) is 0 Å². The van der Waals surface area contributed by atoms with E-state index in [1.165, 1.54) is 28.2 Å². The van der Waals surface area contributed by atoms with E-state index in [9.17, 15) is 0 Å². The lowest BCUT2D eigenvalue weighted by Gasteiger charge is -2.34. The van der Waals surface area contributed by atoms with Crippen molar-refractivity contribution in [2.45, 2.75) is 33.6 Å². The van der Waals surface area contributed by atoms with Gasteiger partial charge in [-0.1, -0.05) is 0 Å². The zero-order chi connectivity index (χ0) is 20.4. The van der Waals surface area contributed by atoms with Gasteiger partial charge in [-0.3, -0.25) is 4.98 Å². The molecule has 0 spiro atoms. The van der Waals surface area contributed by atoms with E-state index in [-0.39, 0.29) is 0 Å². The summed E-state index contributed by atoms with van der Waals surface area (Å²) in [6, 6.07) is 11.0. The van der Waals surface area contributed by atoms with Crippen molar-refractivity contribution < 1.29 is 0 Å². The quantitative estimate of drug-likeness (QED) is 0.666. The summed E-state index contributed by atoms with van der Waals surface area (Å²) < 4.78 is 2.23. The number of aromatic nitrogens is 3. The third-order valence-corrected chi connectivity index (χ3v) is 5.83. The van der Waals surface area contributed by atoms with Gasteiger partial charge in [0.05, 0.1) is 11.9 Å².